The first-order valence-electron chi connectivity index (χ1n) is 9.65. The largest absolute Gasteiger partial charge is 1.00 e. The summed E-state index contributed by atoms with van der Waals surface area (Å²) in [6, 6.07) is 0. The zero-order chi connectivity index (χ0) is 22.6. The van der Waals surface area contributed by atoms with Crippen LogP contribution in [-0.4, -0.2) is 61.2 Å². The van der Waals surface area contributed by atoms with Gasteiger partial charge in [0.1, 0.15) is 23.2 Å². The van der Waals surface area contributed by atoms with E-state index in [0.717, 1.165) is 0 Å². The summed E-state index contributed by atoms with van der Waals surface area (Å²) in [5.41, 5.74) is -1.23. The van der Waals surface area contributed by atoms with Crippen LogP contribution in [0, 0.1) is 17.8 Å². The van der Waals surface area contributed by atoms with Gasteiger partial charge in [-0.3, -0.25) is 14.4 Å². The summed E-state index contributed by atoms with van der Waals surface area (Å²) in [5, 5.41) is 10.7. The second kappa shape index (κ2) is 11.4. The number of ketones is 1. The molecular weight excluding hydrogens is 423 g/mol. The van der Waals surface area contributed by atoms with Gasteiger partial charge in [-0.05, 0) is 33.3 Å². The molecule has 10 nitrogen and oxygen atoms in total. The Hall–Kier alpha value is -2.17. The van der Waals surface area contributed by atoms with E-state index < -0.39 is 64.3 Å². The van der Waals surface area contributed by atoms with E-state index in [-0.39, 0.29) is 61.6 Å². The monoisotopic (exact) mass is 447 g/mol. The van der Waals surface area contributed by atoms with Crippen molar-refractivity contribution in [1.29, 1.82) is 0 Å². The minimum absolute atomic E-state index is 0. The summed E-state index contributed by atoms with van der Waals surface area (Å²) in [4.78, 5) is 63.3. The molecule has 0 heterocycles. The molecule has 0 saturated carbocycles. The molecule has 0 saturated heterocycles. The van der Waals surface area contributed by atoms with E-state index >= 15 is 0 Å². The second-order valence-corrected chi connectivity index (χ2v) is 6.33. The molecule has 11 heteroatoms. The van der Waals surface area contributed by atoms with E-state index in [1.807, 2.05) is 0 Å². The van der Waals surface area contributed by atoms with E-state index in [0.29, 0.717) is 0 Å². The number of esters is 4. The molecule has 0 aromatic carbocycles. The molecule has 0 fully saturated rings. The average molecular weight is 447 g/mol. The molecule has 0 aliphatic heterocycles. The maximum absolute atomic E-state index is 13.0. The van der Waals surface area contributed by atoms with Crippen molar-refractivity contribution in [3.63, 3.8) is 0 Å². The third-order valence-electron chi connectivity index (χ3n) is 4.70. The van der Waals surface area contributed by atoms with Crippen molar-refractivity contribution in [3.8, 4) is 0 Å². The SMILES string of the molecule is CCOC(=O)C1=C2C(C(=O)OCC)C(O)=C(C(=O)OCC)C2C(C(=O)OCC)C1=O.[Na+]. The molecule has 2 aliphatic rings. The van der Waals surface area contributed by atoms with Crippen LogP contribution in [0.25, 0.3) is 0 Å². The molecule has 2 rings (SSSR count). The van der Waals surface area contributed by atoms with Crippen LogP contribution < -0.4 is 29.6 Å². The predicted molar refractivity (Wildman–Crippen MR) is 98.7 cm³/mol. The van der Waals surface area contributed by atoms with Crippen LogP contribution in [0.3, 0.4) is 0 Å². The van der Waals surface area contributed by atoms with Crippen molar-refractivity contribution < 1.29 is 77.6 Å². The minimum Gasteiger partial charge on any atom is -0.510 e. The number of hydrogen-bond donors (Lipinski definition) is 1. The van der Waals surface area contributed by atoms with E-state index in [9.17, 15) is 29.1 Å². The summed E-state index contributed by atoms with van der Waals surface area (Å²) in [7, 11) is 0. The van der Waals surface area contributed by atoms with Gasteiger partial charge in [-0.25, -0.2) is 9.59 Å². The summed E-state index contributed by atoms with van der Waals surface area (Å²) in [5.74, 6) is -10.4. The molecule has 0 aromatic rings. The number of aliphatic hydroxyl groups is 1. The van der Waals surface area contributed by atoms with Crippen molar-refractivity contribution in [1.82, 2.24) is 0 Å². The summed E-state index contributed by atoms with van der Waals surface area (Å²) in [6.45, 7) is 5.83. The van der Waals surface area contributed by atoms with Gasteiger partial charge in [-0.2, -0.15) is 0 Å². The molecule has 164 valence electrons. The number of rotatable bonds is 8. The number of ether oxygens (including phenoxy) is 4. The van der Waals surface area contributed by atoms with Crippen LogP contribution in [0.5, 0.6) is 0 Å². The van der Waals surface area contributed by atoms with Crippen LogP contribution in [-0.2, 0) is 42.9 Å². The predicted octanol–water partition coefficient (Wildman–Crippen LogP) is -2.20. The third-order valence-corrected chi connectivity index (χ3v) is 4.70. The molecular formula is C20H24NaO10+. The Bertz CT molecular complexity index is 841. The Kier molecular flexibility index (Phi) is 9.92. The van der Waals surface area contributed by atoms with Crippen molar-refractivity contribution in [2.45, 2.75) is 27.7 Å². The summed E-state index contributed by atoms with van der Waals surface area (Å²) in [6.07, 6.45) is 0. The van der Waals surface area contributed by atoms with Gasteiger partial charge in [0.15, 0.2) is 5.78 Å². The van der Waals surface area contributed by atoms with Crippen LogP contribution in [0.4, 0.5) is 0 Å². The van der Waals surface area contributed by atoms with Crippen molar-refractivity contribution >= 4 is 29.7 Å². The van der Waals surface area contributed by atoms with E-state index in [1.165, 1.54) is 27.7 Å². The van der Waals surface area contributed by atoms with Gasteiger partial charge in [-0.1, -0.05) is 0 Å². The summed E-state index contributed by atoms with van der Waals surface area (Å²) < 4.78 is 19.8. The van der Waals surface area contributed by atoms with Crippen LogP contribution in [0.2, 0.25) is 0 Å². The zero-order valence-corrected chi connectivity index (χ0v) is 20.2. The molecule has 2 aliphatic carbocycles. The molecule has 0 bridgehead atoms. The van der Waals surface area contributed by atoms with Gasteiger partial charge in [0, 0.05) is 5.92 Å². The first-order chi connectivity index (χ1) is 14.3. The van der Waals surface area contributed by atoms with E-state index in [1.54, 1.807) is 0 Å². The zero-order valence-electron chi connectivity index (χ0n) is 18.2. The van der Waals surface area contributed by atoms with Gasteiger partial charge in [0.05, 0.1) is 32.0 Å². The quantitative estimate of drug-likeness (QED) is 0.143. The fraction of sp³-hybridized carbons (Fsp3) is 0.550. The van der Waals surface area contributed by atoms with Gasteiger partial charge in [0.2, 0.25) is 0 Å². The number of aliphatic hydroxyl groups excluding tert-OH is 1. The van der Waals surface area contributed by atoms with Crippen LogP contribution in [0.1, 0.15) is 27.7 Å². The first-order valence-corrected chi connectivity index (χ1v) is 9.65. The topological polar surface area (TPSA) is 143 Å². The Balaban J connectivity index is 0.00000480. The van der Waals surface area contributed by atoms with Gasteiger partial charge >= 0.3 is 53.4 Å². The second-order valence-electron chi connectivity index (χ2n) is 6.33. The van der Waals surface area contributed by atoms with Gasteiger partial charge in [0.25, 0.3) is 0 Å². The van der Waals surface area contributed by atoms with E-state index in [4.69, 9.17) is 18.9 Å². The molecule has 3 atom stereocenters. The number of Topliss-reactive ketones (excluding diaryl/α,β-unsaturated/α-hetero) is 1. The normalized spacial score (nSPS) is 21.9. The van der Waals surface area contributed by atoms with Crippen molar-refractivity contribution in [2.75, 3.05) is 26.4 Å². The van der Waals surface area contributed by atoms with Gasteiger partial charge in [-0.15, -0.1) is 0 Å². The van der Waals surface area contributed by atoms with Crippen molar-refractivity contribution in [3.05, 3.63) is 22.5 Å². The Labute approximate surface area is 201 Å². The molecule has 31 heavy (non-hydrogen) atoms. The van der Waals surface area contributed by atoms with E-state index in [2.05, 4.69) is 0 Å². The van der Waals surface area contributed by atoms with Crippen molar-refractivity contribution in [2.24, 2.45) is 17.8 Å². The first kappa shape index (κ1) is 26.9. The van der Waals surface area contributed by atoms with Gasteiger partial charge < -0.3 is 24.1 Å². The molecule has 0 amide bonds. The number of fused-ring (bicyclic) bond motifs is 1. The fourth-order valence-electron chi connectivity index (χ4n) is 3.69. The maximum atomic E-state index is 13.0. The Morgan fingerprint density at radius 2 is 1.29 bits per heavy atom. The number of carbonyl (C=O) groups excluding carboxylic acids is 5. The standard InChI is InChI=1S/C20H24O10.Na/c1-5-27-17(23)11-9-10(13(15(11)21)19(25)29-7-3)14(20(26)30-8-4)16(22)12(9)18(24)28-6-2;/h9,11,14,22H,5-8H2,1-4H3;/q;+1. The number of carbonyl (C=O) groups is 5. The third kappa shape index (κ3) is 4.86. The fourth-order valence-corrected chi connectivity index (χ4v) is 3.69. The average Bonchev–Trinajstić information content (AvgIpc) is 3.11. The van der Waals surface area contributed by atoms with Crippen LogP contribution in [0.15, 0.2) is 22.5 Å². The molecule has 1 N–H and O–H groups in total. The Morgan fingerprint density at radius 3 is 1.81 bits per heavy atom. The van der Waals surface area contributed by atoms with Crippen LogP contribution >= 0.6 is 0 Å². The Morgan fingerprint density at radius 1 is 0.806 bits per heavy atom. The maximum Gasteiger partial charge on any atom is 1.00 e. The minimum atomic E-state index is -1.64. The number of hydrogen-bond acceptors (Lipinski definition) is 10. The molecule has 3 unspecified atom stereocenters. The molecule has 0 aromatic heterocycles. The summed E-state index contributed by atoms with van der Waals surface area (Å²) >= 11 is 0. The molecule has 0 spiro atoms. The smallest absolute Gasteiger partial charge is 0.510 e. The molecule has 0 radical (unpaired) electrons.